The van der Waals surface area contributed by atoms with Crippen LogP contribution in [0, 0.1) is 20.8 Å². The van der Waals surface area contributed by atoms with Crippen LogP contribution in [0.1, 0.15) is 27.0 Å². The minimum absolute atomic E-state index is 0.0269. The first-order valence-corrected chi connectivity index (χ1v) is 8.22. The molecule has 0 atom stereocenters. The van der Waals surface area contributed by atoms with Crippen molar-refractivity contribution in [3.05, 3.63) is 83.3 Å². The molecule has 0 amide bonds. The first kappa shape index (κ1) is 16.8. The zero-order valence-corrected chi connectivity index (χ0v) is 14.7. The molecule has 0 aliphatic carbocycles. The van der Waals surface area contributed by atoms with Crippen LogP contribution >= 0.6 is 0 Å². The van der Waals surface area contributed by atoms with E-state index in [1.807, 2.05) is 44.2 Å². The number of benzene rings is 2. The Hall–Kier alpha value is -3.01. The molecule has 0 aliphatic heterocycles. The van der Waals surface area contributed by atoms with Crippen LogP contribution in [-0.2, 0) is 6.54 Å². The van der Waals surface area contributed by atoms with Crippen molar-refractivity contribution in [2.45, 2.75) is 27.3 Å². The Morgan fingerprint density at radius 3 is 2.44 bits per heavy atom. The summed E-state index contributed by atoms with van der Waals surface area (Å²) < 4.78 is 7.89. The van der Waals surface area contributed by atoms with Gasteiger partial charge in [0, 0.05) is 5.56 Å². The Labute approximate surface area is 147 Å². The van der Waals surface area contributed by atoms with Crippen molar-refractivity contribution in [1.82, 2.24) is 4.98 Å². The lowest BCUT2D eigenvalue weighted by Crippen LogP contribution is -2.39. The van der Waals surface area contributed by atoms with Crippen molar-refractivity contribution in [2.24, 2.45) is 0 Å². The number of carbonyl (C=O) groups is 1. The summed E-state index contributed by atoms with van der Waals surface area (Å²) in [6.07, 6.45) is 5.05. The topological polar surface area (TPSA) is 43.1 Å². The van der Waals surface area contributed by atoms with Crippen LogP contribution in [-0.4, -0.2) is 10.8 Å². The molecular formula is C21H21N2O2+. The first-order chi connectivity index (χ1) is 12.0. The van der Waals surface area contributed by atoms with Gasteiger partial charge in [0.25, 0.3) is 0 Å². The van der Waals surface area contributed by atoms with E-state index >= 15 is 0 Å². The van der Waals surface area contributed by atoms with Crippen LogP contribution < -0.4 is 9.30 Å². The monoisotopic (exact) mass is 333 g/mol. The third-order valence-electron chi connectivity index (χ3n) is 4.02. The Bertz CT molecular complexity index is 882. The van der Waals surface area contributed by atoms with E-state index in [0.29, 0.717) is 11.4 Å². The highest BCUT2D eigenvalue weighted by molar-refractivity contribution is 5.94. The molecule has 25 heavy (non-hydrogen) atoms. The van der Waals surface area contributed by atoms with Crippen LogP contribution in [0.15, 0.2) is 61.1 Å². The third-order valence-corrected chi connectivity index (χ3v) is 4.02. The van der Waals surface area contributed by atoms with Crippen LogP contribution in [0.4, 0.5) is 0 Å². The number of Topliss-reactive ketones (excluding diaryl/α,β-unsaturated/α-hetero) is 1. The number of nitrogens with zero attached hydrogens (tertiary/aromatic N) is 2. The van der Waals surface area contributed by atoms with Gasteiger partial charge in [-0.05, 0) is 31.9 Å². The number of aromatic nitrogens is 2. The van der Waals surface area contributed by atoms with E-state index in [0.717, 1.165) is 16.9 Å². The fourth-order valence-corrected chi connectivity index (χ4v) is 2.89. The van der Waals surface area contributed by atoms with Crippen molar-refractivity contribution in [3.8, 4) is 11.6 Å². The molecule has 0 fully saturated rings. The zero-order valence-electron chi connectivity index (χ0n) is 14.7. The number of aryl methyl sites for hydroxylation is 3. The molecule has 0 bridgehead atoms. The minimum atomic E-state index is 0.0269. The van der Waals surface area contributed by atoms with E-state index in [1.165, 1.54) is 5.56 Å². The quantitative estimate of drug-likeness (QED) is 0.524. The SMILES string of the molecule is Cc1cc(C)c(Oc2cncc[n+]2CC(=O)c2ccccc2)c(C)c1. The molecule has 0 N–H and O–H groups in total. The molecule has 1 aromatic heterocycles. The van der Waals surface area contributed by atoms with Gasteiger partial charge in [0.1, 0.15) is 11.9 Å². The van der Waals surface area contributed by atoms with E-state index in [-0.39, 0.29) is 12.3 Å². The summed E-state index contributed by atoms with van der Waals surface area (Å²) in [5, 5.41) is 0. The zero-order chi connectivity index (χ0) is 17.8. The van der Waals surface area contributed by atoms with Crippen molar-refractivity contribution in [3.63, 3.8) is 0 Å². The summed E-state index contributed by atoms with van der Waals surface area (Å²) in [6.45, 7) is 6.30. The van der Waals surface area contributed by atoms with E-state index in [2.05, 4.69) is 24.0 Å². The van der Waals surface area contributed by atoms with Gasteiger partial charge >= 0.3 is 5.88 Å². The molecule has 3 rings (SSSR count). The smallest absolute Gasteiger partial charge is 0.392 e. The Balaban J connectivity index is 1.88. The molecule has 4 heteroatoms. The molecule has 1 heterocycles. The molecule has 2 aromatic carbocycles. The molecule has 0 aliphatic rings. The third kappa shape index (κ3) is 3.91. The lowest BCUT2D eigenvalue weighted by Gasteiger charge is -2.11. The van der Waals surface area contributed by atoms with Gasteiger partial charge in [-0.15, -0.1) is 0 Å². The van der Waals surface area contributed by atoms with Gasteiger partial charge < -0.3 is 4.74 Å². The normalized spacial score (nSPS) is 10.5. The van der Waals surface area contributed by atoms with E-state index < -0.39 is 0 Å². The summed E-state index contributed by atoms with van der Waals surface area (Å²) in [5.74, 6) is 1.38. The second-order valence-electron chi connectivity index (χ2n) is 6.16. The summed E-state index contributed by atoms with van der Waals surface area (Å²) in [6, 6.07) is 13.4. The van der Waals surface area contributed by atoms with Gasteiger partial charge in [0.05, 0.1) is 6.20 Å². The molecular weight excluding hydrogens is 312 g/mol. The predicted octanol–water partition coefficient (Wildman–Crippen LogP) is 3.97. The average Bonchev–Trinajstić information content (AvgIpc) is 2.60. The number of ketones is 1. The van der Waals surface area contributed by atoms with Crippen LogP contribution in [0.3, 0.4) is 0 Å². The Kier molecular flexibility index (Phi) is 4.89. The fraction of sp³-hybridized carbons (Fsp3) is 0.190. The van der Waals surface area contributed by atoms with Gasteiger partial charge in [-0.25, -0.2) is 4.98 Å². The highest BCUT2D eigenvalue weighted by Gasteiger charge is 2.19. The highest BCUT2D eigenvalue weighted by atomic mass is 16.5. The molecule has 126 valence electrons. The second kappa shape index (κ2) is 7.26. The molecule has 3 aromatic rings. The van der Waals surface area contributed by atoms with Gasteiger partial charge in [-0.2, -0.15) is 4.57 Å². The van der Waals surface area contributed by atoms with Crippen LogP contribution in [0.25, 0.3) is 0 Å². The van der Waals surface area contributed by atoms with Crippen molar-refractivity contribution >= 4 is 5.78 Å². The molecule has 0 spiro atoms. The highest BCUT2D eigenvalue weighted by Crippen LogP contribution is 2.28. The second-order valence-corrected chi connectivity index (χ2v) is 6.16. The van der Waals surface area contributed by atoms with Crippen molar-refractivity contribution in [2.75, 3.05) is 0 Å². The molecule has 0 unspecified atom stereocenters. The van der Waals surface area contributed by atoms with E-state index in [1.54, 1.807) is 23.2 Å². The van der Waals surface area contributed by atoms with Crippen molar-refractivity contribution in [1.29, 1.82) is 0 Å². The summed E-state index contributed by atoms with van der Waals surface area (Å²) in [7, 11) is 0. The minimum Gasteiger partial charge on any atom is -0.403 e. The van der Waals surface area contributed by atoms with E-state index in [9.17, 15) is 4.79 Å². The Morgan fingerprint density at radius 2 is 1.76 bits per heavy atom. The summed E-state index contributed by atoms with van der Waals surface area (Å²) >= 11 is 0. The largest absolute Gasteiger partial charge is 0.403 e. The van der Waals surface area contributed by atoms with E-state index in [4.69, 9.17) is 4.74 Å². The number of carbonyl (C=O) groups excluding carboxylic acids is 1. The standard InChI is InChI=1S/C21H21N2O2/c1-15-11-16(2)21(17(3)12-15)25-20-13-22-9-10-23(20)14-19(24)18-7-5-4-6-8-18/h4-13H,14H2,1-3H3/q+1. The molecule has 0 radical (unpaired) electrons. The fourth-order valence-electron chi connectivity index (χ4n) is 2.89. The Morgan fingerprint density at radius 1 is 1.08 bits per heavy atom. The number of hydrogen-bond acceptors (Lipinski definition) is 3. The maximum absolute atomic E-state index is 12.5. The van der Waals surface area contributed by atoms with Crippen LogP contribution in [0.2, 0.25) is 0 Å². The van der Waals surface area contributed by atoms with Gasteiger partial charge in [0.2, 0.25) is 12.3 Å². The lowest BCUT2D eigenvalue weighted by atomic mass is 10.1. The molecule has 4 nitrogen and oxygen atoms in total. The summed E-state index contributed by atoms with van der Waals surface area (Å²) in [5.41, 5.74) is 3.99. The van der Waals surface area contributed by atoms with Gasteiger partial charge in [-0.3, -0.25) is 4.79 Å². The number of rotatable bonds is 5. The number of hydrogen-bond donors (Lipinski definition) is 0. The maximum atomic E-state index is 12.5. The lowest BCUT2D eigenvalue weighted by molar-refractivity contribution is -0.687. The van der Waals surface area contributed by atoms with Crippen LogP contribution in [0.5, 0.6) is 11.6 Å². The predicted molar refractivity (Wildman–Crippen MR) is 95.9 cm³/mol. The molecule has 0 saturated carbocycles. The van der Waals surface area contributed by atoms with Gasteiger partial charge in [-0.1, -0.05) is 48.0 Å². The summed E-state index contributed by atoms with van der Waals surface area (Å²) in [4.78, 5) is 16.6. The first-order valence-electron chi connectivity index (χ1n) is 8.22. The van der Waals surface area contributed by atoms with Gasteiger partial charge in [0.15, 0.2) is 6.20 Å². The number of ether oxygens (including phenoxy) is 1. The molecule has 0 saturated heterocycles. The van der Waals surface area contributed by atoms with Crippen molar-refractivity contribution < 1.29 is 14.1 Å². The maximum Gasteiger partial charge on any atom is 0.392 e. The average molecular weight is 333 g/mol.